The lowest BCUT2D eigenvalue weighted by Gasteiger charge is -2.28. The molecule has 0 unspecified atom stereocenters. The molecule has 4 aliphatic heterocycles. The first kappa shape index (κ1) is 33.6. The molecule has 0 aromatic heterocycles. The number of hydroxylamine groups is 6. The lowest BCUT2D eigenvalue weighted by Crippen LogP contribution is -2.49. The second kappa shape index (κ2) is 14.0. The van der Waals surface area contributed by atoms with Gasteiger partial charge in [0.2, 0.25) is 10.4 Å². The van der Waals surface area contributed by atoms with E-state index in [1.165, 1.54) is 9.80 Å². The Morgan fingerprint density at radius 3 is 1.74 bits per heavy atom. The van der Waals surface area contributed by atoms with Crippen LogP contribution in [-0.4, -0.2) is 127 Å². The maximum Gasteiger partial charge on any atom is 0.418 e. The Labute approximate surface area is 240 Å². The highest BCUT2D eigenvalue weighted by Crippen LogP contribution is 2.31. The molecule has 0 aromatic rings. The lowest BCUT2D eigenvalue weighted by atomic mass is 10.0. The number of nitrogens with one attached hydrogen (secondary N) is 2. The van der Waals surface area contributed by atoms with Gasteiger partial charge in [-0.25, -0.2) is 29.0 Å². The summed E-state index contributed by atoms with van der Waals surface area (Å²) in [6.45, 7) is 2.83. The van der Waals surface area contributed by atoms with Gasteiger partial charge in [0.15, 0.2) is 0 Å². The monoisotopic (exact) mass is 646 g/mol. The average molecular weight is 647 g/mol. The molecule has 42 heavy (non-hydrogen) atoms. The molecule has 4 rings (SSSR count). The first-order valence-electron chi connectivity index (χ1n) is 12.7. The first-order valence-corrected chi connectivity index (χ1v) is 15.4. The van der Waals surface area contributed by atoms with Gasteiger partial charge in [-0.3, -0.25) is 23.8 Å². The van der Waals surface area contributed by atoms with Gasteiger partial charge in [0.25, 0.3) is 11.8 Å². The third kappa shape index (κ3) is 8.57. The van der Waals surface area contributed by atoms with Gasteiger partial charge in [-0.2, -0.15) is 22.8 Å². The van der Waals surface area contributed by atoms with E-state index < -0.39 is 68.8 Å². The van der Waals surface area contributed by atoms with Gasteiger partial charge in [0, 0.05) is 19.6 Å². The van der Waals surface area contributed by atoms with Crippen LogP contribution < -0.4 is 16.7 Å². The van der Waals surface area contributed by atoms with E-state index in [0.29, 0.717) is 42.4 Å². The van der Waals surface area contributed by atoms with E-state index in [9.17, 15) is 40.6 Å². The van der Waals surface area contributed by atoms with Crippen LogP contribution >= 0.6 is 0 Å². The van der Waals surface area contributed by atoms with Gasteiger partial charge in [0.1, 0.15) is 12.1 Å². The third-order valence-electron chi connectivity index (χ3n) is 6.47. The summed E-state index contributed by atoms with van der Waals surface area (Å²) in [5.41, 5.74) is 9.64. The minimum atomic E-state index is -5.03. The fraction of sp³-hybridized carbons (Fsp3) is 0.789. The first-order chi connectivity index (χ1) is 19.7. The number of hydrogen-bond donors (Lipinski definition) is 4. The highest BCUT2D eigenvalue weighted by Gasteiger charge is 2.50. The Morgan fingerprint density at radius 2 is 1.33 bits per heavy atom. The van der Waals surface area contributed by atoms with Crippen LogP contribution in [0.25, 0.3) is 0 Å². The molecular weight excluding hydrogens is 614 g/mol. The number of carbonyl (C=O) groups excluding carboxylic acids is 4. The molecule has 240 valence electrons. The standard InChI is InChI=1S/C10H17N3O7S.C9H16N4O7S/c1-2-5-19-11-9(14)8-4-3-7-6-12(8)10(15)13(7)20-21(16,17)18;10-3-4-19-11-8(14)7-2-1-6-5-12(7)9(15)13(6)20-21(16,17)18/h7-8H,2-6H2,1H3,(H,11,14)(H,16,17,18);6-7H,1-5,10H2,(H,11,14)(H,16,17,18)/p-1/t7-,8+;6-,7+/m11/s1. The molecule has 6 amide bonds. The van der Waals surface area contributed by atoms with Crippen molar-refractivity contribution in [2.45, 2.75) is 63.2 Å². The average Bonchev–Trinajstić information content (AvgIpc) is 3.27. The van der Waals surface area contributed by atoms with Gasteiger partial charge in [0.05, 0.1) is 25.3 Å². The Balaban J connectivity index is 0.000000230. The van der Waals surface area contributed by atoms with Crippen molar-refractivity contribution < 1.29 is 63.4 Å². The van der Waals surface area contributed by atoms with E-state index in [-0.39, 0.29) is 26.2 Å². The van der Waals surface area contributed by atoms with Crippen molar-refractivity contribution in [3.63, 3.8) is 0 Å². The van der Waals surface area contributed by atoms with Gasteiger partial charge in [-0.15, -0.1) is 4.28 Å². The number of nitrogens with two attached hydrogens (primary N) is 1. The van der Waals surface area contributed by atoms with E-state index in [2.05, 4.69) is 19.5 Å². The Hall–Kier alpha value is -2.90. The van der Waals surface area contributed by atoms with Crippen LogP contribution in [0.1, 0.15) is 39.0 Å². The van der Waals surface area contributed by atoms with Crippen molar-refractivity contribution in [1.29, 1.82) is 0 Å². The van der Waals surface area contributed by atoms with E-state index in [1.54, 1.807) is 0 Å². The van der Waals surface area contributed by atoms with E-state index in [1.807, 2.05) is 6.92 Å². The smallest absolute Gasteiger partial charge is 0.418 e. The maximum absolute atomic E-state index is 12.0. The number of hydrogen-bond acceptors (Lipinski definition) is 14. The maximum atomic E-state index is 12.0. The van der Waals surface area contributed by atoms with Gasteiger partial charge in [-0.05, 0) is 32.1 Å². The number of rotatable bonds is 12. The topological polar surface area (TPSA) is 280 Å². The zero-order chi connectivity index (χ0) is 31.2. The molecule has 4 fully saturated rings. The van der Waals surface area contributed by atoms with Crippen molar-refractivity contribution in [1.82, 2.24) is 30.9 Å². The number of piperidine rings is 2. The van der Waals surface area contributed by atoms with Crippen molar-refractivity contribution in [3.8, 4) is 0 Å². The number of amides is 6. The summed E-state index contributed by atoms with van der Waals surface area (Å²) in [5.74, 6) is -1.01. The fourth-order valence-electron chi connectivity index (χ4n) is 4.75. The number of carbonyl (C=O) groups is 4. The van der Waals surface area contributed by atoms with E-state index >= 15 is 0 Å². The van der Waals surface area contributed by atoms with Crippen LogP contribution in [0.15, 0.2) is 0 Å². The predicted molar refractivity (Wildman–Crippen MR) is 132 cm³/mol. The van der Waals surface area contributed by atoms with Crippen LogP contribution in [0.3, 0.4) is 0 Å². The molecule has 4 saturated heterocycles. The van der Waals surface area contributed by atoms with Gasteiger partial charge >= 0.3 is 22.5 Å². The molecule has 4 heterocycles. The zero-order valence-electron chi connectivity index (χ0n) is 22.3. The van der Waals surface area contributed by atoms with Crippen molar-refractivity contribution >= 4 is 44.7 Å². The summed E-state index contributed by atoms with van der Waals surface area (Å²) in [4.78, 5) is 59.9. The third-order valence-corrected chi connectivity index (χ3v) is 7.16. The fourth-order valence-corrected chi connectivity index (χ4v) is 5.52. The minimum Gasteiger partial charge on any atom is -0.724 e. The van der Waals surface area contributed by atoms with Crippen LogP contribution in [-0.2, 0) is 48.6 Å². The van der Waals surface area contributed by atoms with Crippen LogP contribution in [0.5, 0.6) is 0 Å². The Morgan fingerprint density at radius 1 is 0.881 bits per heavy atom. The molecule has 0 spiro atoms. The second-order valence-corrected chi connectivity index (χ2v) is 11.4. The predicted octanol–water partition coefficient (Wildman–Crippen LogP) is -2.90. The Bertz CT molecular complexity index is 1140. The SMILES string of the molecule is CCCONC(=O)[C@@H]1CC[C@@H]2CN1C(=O)N2OS(=O)(=O)[O-].NCCONC(=O)[C@@H]1CC[C@@H]2CN1C(=O)N2OS(=O)(=O)O. The van der Waals surface area contributed by atoms with E-state index in [0.717, 1.165) is 6.42 Å². The molecule has 4 bridgehead atoms. The van der Waals surface area contributed by atoms with Crippen molar-refractivity contribution in [2.24, 2.45) is 5.73 Å². The van der Waals surface area contributed by atoms with Crippen LogP contribution in [0, 0.1) is 0 Å². The molecule has 0 radical (unpaired) electrons. The van der Waals surface area contributed by atoms with Gasteiger partial charge < -0.3 is 20.1 Å². The van der Waals surface area contributed by atoms with Crippen LogP contribution in [0.4, 0.5) is 9.59 Å². The highest BCUT2D eigenvalue weighted by molar-refractivity contribution is 7.81. The summed E-state index contributed by atoms with van der Waals surface area (Å²) in [7, 11) is -9.83. The summed E-state index contributed by atoms with van der Waals surface area (Å²) >= 11 is 0. The largest absolute Gasteiger partial charge is 0.724 e. The quantitative estimate of drug-likeness (QED) is 0.0716. The molecule has 23 heteroatoms. The highest BCUT2D eigenvalue weighted by atomic mass is 32.3. The normalized spacial score (nSPS) is 25.3. The van der Waals surface area contributed by atoms with Crippen LogP contribution in [0.2, 0.25) is 0 Å². The van der Waals surface area contributed by atoms with Gasteiger partial charge in [-0.1, -0.05) is 6.92 Å². The zero-order valence-corrected chi connectivity index (χ0v) is 24.0. The number of nitrogens with zero attached hydrogens (tertiary/aromatic N) is 4. The number of fused-ring (bicyclic) bond motifs is 4. The van der Waals surface area contributed by atoms with Crippen molar-refractivity contribution in [2.75, 3.05) is 32.8 Å². The van der Waals surface area contributed by atoms with Crippen molar-refractivity contribution in [3.05, 3.63) is 0 Å². The molecule has 0 aliphatic carbocycles. The molecular formula is C19H32N7O14S2-. The molecule has 21 nitrogen and oxygen atoms in total. The molecule has 4 aliphatic rings. The number of urea groups is 2. The van der Waals surface area contributed by atoms with E-state index in [4.69, 9.17) is 20.0 Å². The molecule has 5 N–H and O–H groups in total. The second-order valence-electron chi connectivity index (χ2n) is 9.42. The summed E-state index contributed by atoms with van der Waals surface area (Å²) in [6.07, 6.45) is 2.07. The molecule has 0 aromatic carbocycles. The Kier molecular flexibility index (Phi) is 11.2. The lowest BCUT2D eigenvalue weighted by molar-refractivity contribution is -0.139. The summed E-state index contributed by atoms with van der Waals surface area (Å²) < 4.78 is 70.4. The summed E-state index contributed by atoms with van der Waals surface area (Å²) in [5, 5.41) is 1.10. The molecule has 4 atom stereocenters. The minimum absolute atomic E-state index is 0.125. The summed E-state index contributed by atoms with van der Waals surface area (Å²) in [6, 6.07) is -4.26. The molecule has 0 saturated carbocycles.